The Morgan fingerprint density at radius 2 is 1.50 bits per heavy atom. The van der Waals surface area contributed by atoms with Crippen LogP contribution in [0.25, 0.3) is 0 Å². The van der Waals surface area contributed by atoms with Crippen molar-refractivity contribution in [1.82, 2.24) is 0 Å². The molecule has 0 aliphatic carbocycles. The normalized spacial score (nSPS) is 11.4. The van der Waals surface area contributed by atoms with Crippen LogP contribution in [-0.4, -0.2) is 58.9 Å². The maximum absolute atomic E-state index is 9.22. The first kappa shape index (κ1) is 22.1. The van der Waals surface area contributed by atoms with Gasteiger partial charge >= 0.3 is 0 Å². The van der Waals surface area contributed by atoms with Crippen LogP contribution in [0.4, 0.5) is 0 Å². The number of benzene rings is 2. The number of ether oxygens (including phenoxy) is 1. The van der Waals surface area contributed by atoms with Gasteiger partial charge in [0, 0.05) is 6.42 Å². The largest absolute Gasteiger partial charge is 0.726 e. The third kappa shape index (κ3) is 10.1. The van der Waals surface area contributed by atoms with Crippen LogP contribution in [0, 0.1) is 0 Å². The van der Waals surface area contributed by atoms with Crippen molar-refractivity contribution in [2.24, 2.45) is 0 Å². The smallest absolute Gasteiger partial charge is 0.217 e. The van der Waals surface area contributed by atoms with E-state index < -0.39 is 10.4 Å². The molecule has 0 radical (unpaired) electrons. The minimum absolute atomic E-state index is 0.745. The van der Waals surface area contributed by atoms with Crippen LogP contribution in [0.15, 0.2) is 54.6 Å². The third-order valence-corrected chi connectivity index (χ3v) is 3.84. The molecule has 0 amide bonds. The SMILES string of the molecule is COS(=O)(=O)[O-].C[N+](C)(C)CCOc1ccccc1Cc1ccccc1. The number of rotatable bonds is 7. The van der Waals surface area contributed by atoms with Crippen molar-refractivity contribution >= 4 is 10.4 Å². The molecule has 144 valence electrons. The average Bonchev–Trinajstić information content (AvgIpc) is 2.56. The van der Waals surface area contributed by atoms with Crippen molar-refractivity contribution < 1.29 is 26.4 Å². The van der Waals surface area contributed by atoms with Crippen LogP contribution in [0.2, 0.25) is 0 Å². The lowest BCUT2D eigenvalue weighted by molar-refractivity contribution is -0.870. The lowest BCUT2D eigenvalue weighted by Crippen LogP contribution is -2.38. The van der Waals surface area contributed by atoms with Gasteiger partial charge in [0.05, 0.1) is 28.3 Å². The first-order valence-corrected chi connectivity index (χ1v) is 9.50. The molecule has 6 nitrogen and oxygen atoms in total. The van der Waals surface area contributed by atoms with Gasteiger partial charge in [-0.25, -0.2) is 8.42 Å². The van der Waals surface area contributed by atoms with Gasteiger partial charge in [0.1, 0.15) is 18.9 Å². The Hall–Kier alpha value is -1.93. The predicted molar refractivity (Wildman–Crippen MR) is 101 cm³/mol. The Morgan fingerprint density at radius 3 is 2.04 bits per heavy atom. The second-order valence-electron chi connectivity index (χ2n) is 6.71. The van der Waals surface area contributed by atoms with Gasteiger partial charge in [-0.05, 0) is 17.2 Å². The van der Waals surface area contributed by atoms with Crippen molar-refractivity contribution in [3.05, 3.63) is 65.7 Å². The van der Waals surface area contributed by atoms with E-state index in [1.807, 2.05) is 12.1 Å². The van der Waals surface area contributed by atoms with Gasteiger partial charge in [-0.15, -0.1) is 0 Å². The highest BCUT2D eigenvalue weighted by Gasteiger charge is 2.09. The molecular formula is C19H27NO5S. The summed E-state index contributed by atoms with van der Waals surface area (Å²) in [5.74, 6) is 1.00. The van der Waals surface area contributed by atoms with Gasteiger partial charge in [-0.1, -0.05) is 48.5 Å². The van der Waals surface area contributed by atoms with Crippen LogP contribution in [0.3, 0.4) is 0 Å². The summed E-state index contributed by atoms with van der Waals surface area (Å²) in [6, 6.07) is 18.8. The van der Waals surface area contributed by atoms with Crippen molar-refractivity contribution in [3.63, 3.8) is 0 Å². The van der Waals surface area contributed by atoms with E-state index in [9.17, 15) is 13.0 Å². The van der Waals surface area contributed by atoms with E-state index in [4.69, 9.17) is 4.74 Å². The van der Waals surface area contributed by atoms with Crippen molar-refractivity contribution in [3.8, 4) is 5.75 Å². The zero-order chi connectivity index (χ0) is 19.6. The van der Waals surface area contributed by atoms with Gasteiger partial charge in [0.15, 0.2) is 0 Å². The molecule has 0 saturated heterocycles. The summed E-state index contributed by atoms with van der Waals surface area (Å²) in [5.41, 5.74) is 2.57. The molecule has 2 aromatic carbocycles. The molecule has 0 spiro atoms. The molecule has 26 heavy (non-hydrogen) atoms. The van der Waals surface area contributed by atoms with E-state index in [1.54, 1.807) is 0 Å². The molecule has 0 unspecified atom stereocenters. The monoisotopic (exact) mass is 381 g/mol. The lowest BCUT2D eigenvalue weighted by atomic mass is 10.0. The zero-order valence-electron chi connectivity index (χ0n) is 15.7. The van der Waals surface area contributed by atoms with E-state index in [0.29, 0.717) is 0 Å². The fourth-order valence-electron chi connectivity index (χ4n) is 2.04. The first-order chi connectivity index (χ1) is 12.1. The van der Waals surface area contributed by atoms with Gasteiger partial charge in [-0.2, -0.15) is 0 Å². The standard InChI is InChI=1S/C18H24NO.CH4O4S/c1-19(2,3)13-14-20-18-12-8-7-11-17(18)15-16-9-5-4-6-10-16;1-5-6(2,3)4/h4-12H,13-15H2,1-3H3;1H3,(H,2,3,4)/q+1;/p-1. The summed E-state index contributed by atoms with van der Waals surface area (Å²) in [5, 5.41) is 0. The first-order valence-electron chi connectivity index (χ1n) is 8.17. The molecule has 0 saturated carbocycles. The summed E-state index contributed by atoms with van der Waals surface area (Å²) < 4.78 is 37.9. The number of hydrogen-bond acceptors (Lipinski definition) is 5. The molecule has 0 fully saturated rings. The van der Waals surface area contributed by atoms with Crippen molar-refractivity contribution in [1.29, 1.82) is 0 Å². The highest BCUT2D eigenvalue weighted by molar-refractivity contribution is 7.80. The molecule has 0 bridgehead atoms. The molecule has 0 atom stereocenters. The number of quaternary nitrogens is 1. The van der Waals surface area contributed by atoms with E-state index in [1.165, 1.54) is 11.1 Å². The lowest BCUT2D eigenvalue weighted by Gasteiger charge is -2.24. The zero-order valence-corrected chi connectivity index (χ0v) is 16.5. The Balaban J connectivity index is 0.000000487. The Morgan fingerprint density at radius 1 is 0.962 bits per heavy atom. The van der Waals surface area contributed by atoms with Crippen molar-refractivity contribution in [2.45, 2.75) is 6.42 Å². The number of para-hydroxylation sites is 1. The van der Waals surface area contributed by atoms with Crippen LogP contribution in [0.5, 0.6) is 5.75 Å². The van der Waals surface area contributed by atoms with E-state index in [2.05, 4.69) is 67.8 Å². The summed E-state index contributed by atoms with van der Waals surface area (Å²) in [6.45, 7) is 1.75. The maximum Gasteiger partial charge on any atom is 0.217 e. The van der Waals surface area contributed by atoms with Crippen molar-refractivity contribution in [2.75, 3.05) is 41.4 Å². The van der Waals surface area contributed by atoms with Crippen LogP contribution in [0.1, 0.15) is 11.1 Å². The van der Waals surface area contributed by atoms with E-state index in [0.717, 1.165) is 36.9 Å². The van der Waals surface area contributed by atoms with E-state index in [-0.39, 0.29) is 0 Å². The molecule has 2 rings (SSSR count). The maximum atomic E-state index is 9.22. The second-order valence-corrected chi connectivity index (χ2v) is 7.86. The van der Waals surface area contributed by atoms with E-state index >= 15 is 0 Å². The molecule has 7 heteroatoms. The summed E-state index contributed by atoms with van der Waals surface area (Å²) in [7, 11) is 2.94. The fraction of sp³-hybridized carbons (Fsp3) is 0.368. The van der Waals surface area contributed by atoms with Gasteiger partial charge in [-0.3, -0.25) is 4.18 Å². The fourth-order valence-corrected chi connectivity index (χ4v) is 2.04. The molecule has 0 heterocycles. The van der Waals surface area contributed by atoms with Crippen LogP contribution < -0.4 is 4.74 Å². The quantitative estimate of drug-likeness (QED) is 0.418. The molecule has 0 N–H and O–H groups in total. The number of nitrogens with zero attached hydrogens (tertiary/aromatic N) is 1. The highest BCUT2D eigenvalue weighted by Crippen LogP contribution is 2.21. The minimum Gasteiger partial charge on any atom is -0.726 e. The molecule has 0 aliphatic rings. The van der Waals surface area contributed by atoms with Crippen LogP contribution in [-0.2, 0) is 21.0 Å². The average molecular weight is 381 g/mol. The highest BCUT2D eigenvalue weighted by atomic mass is 32.3. The Bertz CT molecular complexity index is 755. The van der Waals surface area contributed by atoms with Gasteiger partial charge in [0.2, 0.25) is 10.4 Å². The van der Waals surface area contributed by atoms with Gasteiger partial charge < -0.3 is 13.8 Å². The van der Waals surface area contributed by atoms with Gasteiger partial charge in [0.25, 0.3) is 0 Å². The second kappa shape index (κ2) is 10.3. The molecule has 0 aromatic heterocycles. The Kier molecular flexibility index (Phi) is 8.74. The molecule has 0 aliphatic heterocycles. The Labute approximate surface area is 156 Å². The third-order valence-electron chi connectivity index (χ3n) is 3.43. The minimum atomic E-state index is -4.41. The molecule has 2 aromatic rings. The topological polar surface area (TPSA) is 75.7 Å². The van der Waals surface area contributed by atoms with Crippen LogP contribution >= 0.6 is 0 Å². The predicted octanol–water partition coefficient (Wildman–Crippen LogP) is 2.46. The summed E-state index contributed by atoms with van der Waals surface area (Å²) in [6.07, 6.45) is 0.918. The summed E-state index contributed by atoms with van der Waals surface area (Å²) >= 11 is 0. The summed E-state index contributed by atoms with van der Waals surface area (Å²) in [4.78, 5) is 0. The molecular weight excluding hydrogens is 354 g/mol. The number of likely N-dealkylation sites (N-methyl/N-ethyl adjacent to an activating group) is 1. The number of hydrogen-bond donors (Lipinski definition) is 0.